The molecule has 6 nitrogen and oxygen atoms in total. The number of carbonyl (C=O) groups excluding carboxylic acids is 1. The zero-order valence-electron chi connectivity index (χ0n) is 18.1. The van der Waals surface area contributed by atoms with Gasteiger partial charge in [-0.15, -0.1) is 0 Å². The predicted molar refractivity (Wildman–Crippen MR) is 123 cm³/mol. The number of nitrogens with zero attached hydrogens (tertiary/aromatic N) is 4. The molecule has 156 valence electrons. The molecule has 0 aliphatic rings. The molecule has 3 aromatic rings. The van der Waals surface area contributed by atoms with Crippen LogP contribution in [0, 0.1) is 27.7 Å². The molecule has 0 atom stereocenters. The van der Waals surface area contributed by atoms with Crippen LogP contribution in [-0.4, -0.2) is 32.4 Å². The fourth-order valence-corrected chi connectivity index (χ4v) is 4.03. The number of aromatic nitrogens is 3. The van der Waals surface area contributed by atoms with Crippen molar-refractivity contribution in [1.82, 2.24) is 20.0 Å². The summed E-state index contributed by atoms with van der Waals surface area (Å²) in [6.07, 6.45) is 2.71. The van der Waals surface area contributed by atoms with Crippen LogP contribution in [0.4, 0.5) is 0 Å². The first-order valence-corrected chi connectivity index (χ1v) is 10.9. The second-order valence-electron chi connectivity index (χ2n) is 7.20. The van der Waals surface area contributed by atoms with Crippen LogP contribution in [-0.2, 0) is 11.2 Å². The molecule has 3 rings (SSSR count). The Balaban J connectivity index is 1.62. The van der Waals surface area contributed by atoms with Gasteiger partial charge in [0, 0.05) is 34.0 Å². The van der Waals surface area contributed by atoms with E-state index in [1.807, 2.05) is 19.9 Å². The molecular weight excluding hydrogens is 394 g/mol. The van der Waals surface area contributed by atoms with Crippen molar-refractivity contribution in [2.75, 3.05) is 5.75 Å². The van der Waals surface area contributed by atoms with E-state index >= 15 is 0 Å². The molecule has 0 spiro atoms. The number of aryl methyl sites for hydroxylation is 4. The Labute approximate surface area is 181 Å². The summed E-state index contributed by atoms with van der Waals surface area (Å²) < 4.78 is 2.19. The van der Waals surface area contributed by atoms with Crippen LogP contribution in [0.2, 0.25) is 0 Å². The Morgan fingerprint density at radius 3 is 2.40 bits per heavy atom. The van der Waals surface area contributed by atoms with E-state index in [2.05, 4.69) is 76.2 Å². The van der Waals surface area contributed by atoms with Crippen LogP contribution in [0.25, 0.3) is 5.69 Å². The molecule has 1 aromatic carbocycles. The molecule has 30 heavy (non-hydrogen) atoms. The van der Waals surface area contributed by atoms with Gasteiger partial charge in [-0.1, -0.05) is 30.8 Å². The number of nitrogens with one attached hydrogen (secondary N) is 1. The second-order valence-corrected chi connectivity index (χ2v) is 8.14. The van der Waals surface area contributed by atoms with Crippen molar-refractivity contribution >= 4 is 23.9 Å². The van der Waals surface area contributed by atoms with Gasteiger partial charge in [-0.2, -0.15) is 5.10 Å². The lowest BCUT2D eigenvalue weighted by atomic mass is 10.1. The van der Waals surface area contributed by atoms with Gasteiger partial charge >= 0.3 is 0 Å². The van der Waals surface area contributed by atoms with Gasteiger partial charge in [-0.25, -0.2) is 15.4 Å². The first kappa shape index (κ1) is 21.8. The second kappa shape index (κ2) is 9.71. The van der Waals surface area contributed by atoms with Crippen molar-refractivity contribution < 1.29 is 4.79 Å². The van der Waals surface area contributed by atoms with Gasteiger partial charge in [-0.3, -0.25) is 4.79 Å². The number of amides is 1. The summed E-state index contributed by atoms with van der Waals surface area (Å²) in [7, 11) is 0. The minimum absolute atomic E-state index is 0.192. The quantitative estimate of drug-likeness (QED) is 0.267. The minimum atomic E-state index is -0.192. The summed E-state index contributed by atoms with van der Waals surface area (Å²) in [5.74, 6) is 0.0196. The molecule has 2 heterocycles. The fourth-order valence-electron chi connectivity index (χ4n) is 3.29. The van der Waals surface area contributed by atoms with E-state index in [0.717, 1.165) is 40.4 Å². The Bertz CT molecular complexity index is 1050. The van der Waals surface area contributed by atoms with Crippen molar-refractivity contribution in [3.63, 3.8) is 0 Å². The zero-order chi connectivity index (χ0) is 21.7. The molecule has 1 amide bonds. The normalized spacial score (nSPS) is 11.2. The van der Waals surface area contributed by atoms with E-state index in [-0.39, 0.29) is 11.7 Å². The third-order valence-electron chi connectivity index (χ3n) is 4.76. The molecule has 7 heteroatoms. The maximum atomic E-state index is 12.1. The Hall–Kier alpha value is -2.93. The maximum Gasteiger partial charge on any atom is 0.250 e. The number of rotatable bonds is 7. The number of carbonyl (C=O) groups is 1. The summed E-state index contributed by atoms with van der Waals surface area (Å²) in [5.41, 5.74) is 9.97. The topological polar surface area (TPSA) is 72.2 Å². The van der Waals surface area contributed by atoms with E-state index in [9.17, 15) is 4.79 Å². The highest BCUT2D eigenvalue weighted by atomic mass is 32.2. The van der Waals surface area contributed by atoms with Gasteiger partial charge in [0.1, 0.15) is 0 Å². The van der Waals surface area contributed by atoms with Crippen molar-refractivity contribution in [3.05, 3.63) is 70.3 Å². The number of hydrazone groups is 1. The summed E-state index contributed by atoms with van der Waals surface area (Å²) in [6, 6.07) is 12.5. The Kier molecular flexibility index (Phi) is 7.05. The van der Waals surface area contributed by atoms with E-state index in [4.69, 9.17) is 0 Å². The maximum absolute atomic E-state index is 12.1. The van der Waals surface area contributed by atoms with Crippen molar-refractivity contribution in [2.24, 2.45) is 5.10 Å². The lowest BCUT2D eigenvalue weighted by Crippen LogP contribution is -2.19. The molecule has 2 aromatic heterocycles. The fraction of sp³-hybridized carbons (Fsp3) is 0.304. The highest BCUT2D eigenvalue weighted by molar-refractivity contribution is 7.99. The zero-order valence-corrected chi connectivity index (χ0v) is 18.9. The molecule has 0 bridgehead atoms. The molecular formula is C23H27N5OS. The average molecular weight is 422 g/mol. The third-order valence-corrected chi connectivity index (χ3v) is 5.61. The molecule has 1 N–H and O–H groups in total. The summed E-state index contributed by atoms with van der Waals surface area (Å²) in [4.78, 5) is 20.8. The van der Waals surface area contributed by atoms with Gasteiger partial charge in [0.25, 0.3) is 5.91 Å². The van der Waals surface area contributed by atoms with Crippen LogP contribution >= 0.6 is 11.8 Å². The lowest BCUT2D eigenvalue weighted by molar-refractivity contribution is -0.118. The van der Waals surface area contributed by atoms with Crippen molar-refractivity contribution in [2.45, 2.75) is 46.2 Å². The smallest absolute Gasteiger partial charge is 0.250 e. The third kappa shape index (κ3) is 5.36. The SMILES string of the molecule is CCc1ccc(-n2c(C)cc(/C=N\NC(=O)CSc3nc(C)cc(C)n3)c2C)cc1. The van der Waals surface area contributed by atoms with Crippen LogP contribution in [0.15, 0.2) is 46.7 Å². The summed E-state index contributed by atoms with van der Waals surface area (Å²) in [5, 5.41) is 4.73. The predicted octanol–water partition coefficient (Wildman–Crippen LogP) is 4.31. The van der Waals surface area contributed by atoms with E-state index < -0.39 is 0 Å². The molecule has 0 unspecified atom stereocenters. The van der Waals surface area contributed by atoms with Crippen molar-refractivity contribution in [3.8, 4) is 5.69 Å². The summed E-state index contributed by atoms with van der Waals surface area (Å²) >= 11 is 1.30. The Morgan fingerprint density at radius 1 is 1.10 bits per heavy atom. The van der Waals surface area contributed by atoms with Crippen LogP contribution < -0.4 is 5.43 Å². The van der Waals surface area contributed by atoms with Crippen LogP contribution in [0.3, 0.4) is 0 Å². The lowest BCUT2D eigenvalue weighted by Gasteiger charge is -2.10. The number of benzene rings is 1. The molecule has 0 aliphatic heterocycles. The van der Waals surface area contributed by atoms with E-state index in [1.54, 1.807) is 6.21 Å². The Morgan fingerprint density at radius 2 is 1.77 bits per heavy atom. The number of hydrogen-bond acceptors (Lipinski definition) is 5. The standard InChI is InChI=1S/C23H27N5OS/c1-6-19-7-9-21(10-8-19)28-17(4)12-20(18(28)5)13-24-27-22(29)14-30-23-25-15(2)11-16(3)26-23/h7-13H,6,14H2,1-5H3,(H,27,29)/b24-13-. The van der Waals surface area contributed by atoms with E-state index in [1.165, 1.54) is 17.3 Å². The molecule has 0 aliphatic carbocycles. The van der Waals surface area contributed by atoms with Crippen LogP contribution in [0.1, 0.15) is 40.8 Å². The molecule has 0 saturated carbocycles. The van der Waals surface area contributed by atoms with Gasteiger partial charge in [0.15, 0.2) is 5.16 Å². The highest BCUT2D eigenvalue weighted by Gasteiger charge is 2.10. The molecule has 0 fully saturated rings. The van der Waals surface area contributed by atoms with Gasteiger partial charge in [-0.05, 0) is 63.9 Å². The molecule has 0 saturated heterocycles. The summed E-state index contributed by atoms with van der Waals surface area (Å²) in [6.45, 7) is 10.1. The largest absolute Gasteiger partial charge is 0.318 e. The van der Waals surface area contributed by atoms with Gasteiger partial charge in [0.2, 0.25) is 0 Å². The monoisotopic (exact) mass is 421 g/mol. The highest BCUT2D eigenvalue weighted by Crippen LogP contribution is 2.20. The first-order valence-electron chi connectivity index (χ1n) is 9.92. The van der Waals surface area contributed by atoms with E-state index in [0.29, 0.717) is 5.16 Å². The van der Waals surface area contributed by atoms with Gasteiger partial charge < -0.3 is 4.57 Å². The minimum Gasteiger partial charge on any atom is -0.318 e. The first-order chi connectivity index (χ1) is 14.4. The molecule has 0 radical (unpaired) electrons. The van der Waals surface area contributed by atoms with Crippen molar-refractivity contribution in [1.29, 1.82) is 0 Å². The number of thioether (sulfide) groups is 1. The van der Waals surface area contributed by atoms with Crippen LogP contribution in [0.5, 0.6) is 0 Å². The number of hydrogen-bond donors (Lipinski definition) is 1. The van der Waals surface area contributed by atoms with Gasteiger partial charge in [0.05, 0.1) is 12.0 Å². The average Bonchev–Trinajstić information content (AvgIpc) is 2.99.